The Morgan fingerprint density at radius 3 is 1.62 bits per heavy atom. The number of Topliss-reactive ketones (excluding diaryl/α,β-unsaturated/α-hetero) is 2. The van der Waals surface area contributed by atoms with Crippen LogP contribution in [0.3, 0.4) is 0 Å². The van der Waals surface area contributed by atoms with Crippen LogP contribution in [0.5, 0.6) is 0 Å². The summed E-state index contributed by atoms with van der Waals surface area (Å²) in [6.07, 6.45) is -0.453. The topological polar surface area (TPSA) is 116 Å². The maximum atomic E-state index is 11.2. The van der Waals surface area contributed by atoms with Gasteiger partial charge in [0.25, 0.3) is 0 Å². The molecule has 0 aliphatic carbocycles. The summed E-state index contributed by atoms with van der Waals surface area (Å²) in [4.78, 5) is 42.6. The van der Waals surface area contributed by atoms with Gasteiger partial charge < -0.3 is 20.7 Å². The Bertz CT molecular complexity index is 824. The van der Waals surface area contributed by atoms with Gasteiger partial charge in [0, 0.05) is 0 Å². The van der Waals surface area contributed by atoms with Crippen molar-refractivity contribution in [1.29, 1.82) is 0 Å². The number of esters is 2. The van der Waals surface area contributed by atoms with Crippen molar-refractivity contribution < 1.29 is 69.5 Å². The number of ketones is 2. The smallest absolute Gasteiger partial charge is 1.00 e. The predicted molar refractivity (Wildman–Crippen MR) is 124 cm³/mol. The van der Waals surface area contributed by atoms with Gasteiger partial charge in [-0.1, -0.05) is 60.7 Å². The van der Waals surface area contributed by atoms with E-state index in [1.165, 1.54) is 14.2 Å². The summed E-state index contributed by atoms with van der Waals surface area (Å²) in [5.41, 5.74) is 1.96. The van der Waals surface area contributed by atoms with Gasteiger partial charge in [-0.15, -0.1) is 11.6 Å². The second kappa shape index (κ2) is 22.7. The summed E-state index contributed by atoms with van der Waals surface area (Å²) in [5.74, 6) is -1.80. The molecule has 2 aromatic carbocycles. The number of aliphatic hydroxyl groups excluding tert-OH is 1. The average molecular weight is 505 g/mol. The number of aliphatic hydroxyl groups is 1. The molecule has 0 fully saturated rings. The molecule has 0 bridgehead atoms. The zero-order valence-corrected chi connectivity index (χ0v) is 22.5. The van der Waals surface area contributed by atoms with Gasteiger partial charge in [0.1, 0.15) is 19.4 Å². The molecule has 2 rings (SSSR count). The zero-order chi connectivity index (χ0) is 24.9. The van der Waals surface area contributed by atoms with Crippen molar-refractivity contribution in [2.45, 2.75) is 26.1 Å². The fraction of sp³-hybridized carbons (Fsp3) is 0.333. The van der Waals surface area contributed by atoms with Crippen molar-refractivity contribution in [2.75, 3.05) is 26.7 Å². The Hall–Kier alpha value is -2.07. The molecule has 1 N–H and O–H groups in total. The van der Waals surface area contributed by atoms with Crippen LogP contribution in [0.4, 0.5) is 0 Å². The first-order valence-electron chi connectivity index (χ1n) is 9.85. The SMILES string of the molecule is COC(=O)CC(=O)CCl.COC(=O)CC(=O)COCc1ccccc1.OCc1ccccc1.[H-].[Na+]. The first-order chi connectivity index (χ1) is 15.9. The monoisotopic (exact) mass is 504 g/mol. The van der Waals surface area contributed by atoms with Crippen molar-refractivity contribution in [3.63, 3.8) is 0 Å². The van der Waals surface area contributed by atoms with Crippen LogP contribution in [0, 0.1) is 0 Å². The van der Waals surface area contributed by atoms with Crippen LogP contribution in [-0.2, 0) is 46.6 Å². The normalized spacial score (nSPS) is 9.06. The molecule has 0 heterocycles. The molecule has 0 spiro atoms. The van der Waals surface area contributed by atoms with E-state index in [2.05, 4.69) is 9.47 Å². The number of carbonyl (C=O) groups excluding carboxylic acids is 4. The summed E-state index contributed by atoms with van der Waals surface area (Å²) < 4.78 is 13.7. The summed E-state index contributed by atoms with van der Waals surface area (Å²) >= 11 is 5.10. The number of rotatable bonds is 10. The van der Waals surface area contributed by atoms with Crippen LogP contribution in [-0.4, -0.2) is 55.3 Å². The summed E-state index contributed by atoms with van der Waals surface area (Å²) in [5, 5.41) is 8.54. The first-order valence-corrected chi connectivity index (χ1v) is 10.4. The molecule has 2 aromatic rings. The second-order valence-electron chi connectivity index (χ2n) is 6.34. The number of methoxy groups -OCH3 is 2. The Kier molecular flexibility index (Phi) is 22.8. The maximum Gasteiger partial charge on any atom is 1.00 e. The zero-order valence-electron chi connectivity index (χ0n) is 20.7. The molecule has 0 aliphatic rings. The predicted octanol–water partition coefficient (Wildman–Crippen LogP) is -0.0118. The Morgan fingerprint density at radius 2 is 1.24 bits per heavy atom. The minimum absolute atomic E-state index is 0. The van der Waals surface area contributed by atoms with Crippen molar-refractivity contribution in [2.24, 2.45) is 0 Å². The molecule has 8 nitrogen and oxygen atoms in total. The molecule has 0 unspecified atom stereocenters. The number of hydrogen-bond donors (Lipinski definition) is 1. The molecule has 10 heteroatoms. The first kappa shape index (κ1) is 34.1. The minimum Gasteiger partial charge on any atom is -1.00 e. The van der Waals surface area contributed by atoms with Crippen LogP contribution in [0.1, 0.15) is 25.4 Å². The van der Waals surface area contributed by atoms with E-state index in [1.807, 2.05) is 60.7 Å². The quantitative estimate of drug-likeness (QED) is 0.208. The molecule has 0 atom stereocenters. The largest absolute Gasteiger partial charge is 1.00 e. The summed E-state index contributed by atoms with van der Waals surface area (Å²) in [7, 11) is 2.48. The van der Waals surface area contributed by atoms with Gasteiger partial charge in [-0.05, 0) is 11.1 Å². The molecular formula is C24H30ClNaO8. The number of carbonyl (C=O) groups is 4. The number of halogens is 1. The molecule has 0 aromatic heterocycles. The van der Waals surface area contributed by atoms with E-state index in [1.54, 1.807) is 0 Å². The van der Waals surface area contributed by atoms with Crippen molar-refractivity contribution in [3.05, 3.63) is 71.8 Å². The Labute approximate surface area is 228 Å². The molecule has 34 heavy (non-hydrogen) atoms. The summed E-state index contributed by atoms with van der Waals surface area (Å²) in [6.45, 7) is 0.443. The van der Waals surface area contributed by atoms with E-state index in [9.17, 15) is 19.2 Å². The van der Waals surface area contributed by atoms with Crippen LogP contribution in [0.25, 0.3) is 0 Å². The molecule has 0 amide bonds. The van der Waals surface area contributed by atoms with E-state index < -0.39 is 11.9 Å². The van der Waals surface area contributed by atoms with E-state index in [0.29, 0.717) is 6.61 Å². The van der Waals surface area contributed by atoms with E-state index in [4.69, 9.17) is 21.4 Å². The maximum absolute atomic E-state index is 11.2. The van der Waals surface area contributed by atoms with Crippen molar-refractivity contribution in [1.82, 2.24) is 0 Å². The van der Waals surface area contributed by atoms with Gasteiger partial charge in [-0.25, -0.2) is 0 Å². The van der Waals surface area contributed by atoms with Gasteiger partial charge in [-0.3, -0.25) is 19.2 Å². The Morgan fingerprint density at radius 1 is 0.794 bits per heavy atom. The number of benzene rings is 2. The van der Waals surface area contributed by atoms with Crippen LogP contribution < -0.4 is 29.6 Å². The molecular weight excluding hydrogens is 475 g/mol. The van der Waals surface area contributed by atoms with Gasteiger partial charge in [0.15, 0.2) is 11.6 Å². The van der Waals surface area contributed by atoms with Gasteiger partial charge in [0.05, 0.1) is 33.3 Å². The van der Waals surface area contributed by atoms with Gasteiger partial charge in [0.2, 0.25) is 0 Å². The molecule has 0 radical (unpaired) electrons. The Balaban J connectivity index is -0.000000463. The molecule has 0 saturated carbocycles. The third-order valence-electron chi connectivity index (χ3n) is 3.69. The standard InChI is InChI=1S/C12H14O4.C7H8O.C5H7ClO3.Na.H/c1-15-12(14)7-11(13)9-16-8-10-5-3-2-4-6-10;8-6-7-4-2-1-3-5-7;1-9-5(8)2-4(7)3-6;;/h2-6H,7-9H2,1H3;1-5,8H,6H2;2-3H2,1H3;;/q;;;+1;-1. The molecule has 182 valence electrons. The number of hydrogen-bond acceptors (Lipinski definition) is 8. The van der Waals surface area contributed by atoms with Crippen molar-refractivity contribution in [3.8, 4) is 0 Å². The summed E-state index contributed by atoms with van der Waals surface area (Å²) in [6, 6.07) is 19.0. The molecule has 0 aliphatic heterocycles. The van der Waals surface area contributed by atoms with Crippen LogP contribution >= 0.6 is 11.6 Å². The average Bonchev–Trinajstić information content (AvgIpc) is 2.85. The van der Waals surface area contributed by atoms with Gasteiger partial charge >= 0.3 is 41.5 Å². The molecule has 0 saturated heterocycles. The minimum atomic E-state index is -0.541. The third kappa shape index (κ3) is 19.4. The van der Waals surface area contributed by atoms with E-state index >= 15 is 0 Å². The third-order valence-corrected chi connectivity index (χ3v) is 3.99. The second-order valence-corrected chi connectivity index (χ2v) is 6.61. The number of ether oxygens (including phenoxy) is 3. The van der Waals surface area contributed by atoms with E-state index in [0.717, 1.165) is 11.1 Å². The van der Waals surface area contributed by atoms with Crippen LogP contribution in [0.2, 0.25) is 0 Å². The van der Waals surface area contributed by atoms with Gasteiger partial charge in [-0.2, -0.15) is 0 Å². The van der Waals surface area contributed by atoms with E-state index in [-0.39, 0.29) is 74.5 Å². The fourth-order valence-electron chi connectivity index (χ4n) is 2.00. The number of alkyl halides is 1. The van der Waals surface area contributed by atoms with Crippen LogP contribution in [0.15, 0.2) is 60.7 Å². The fourth-order valence-corrected chi connectivity index (χ4v) is 2.10. The van der Waals surface area contributed by atoms with Crippen molar-refractivity contribution >= 4 is 35.1 Å².